The van der Waals surface area contributed by atoms with Crippen LogP contribution in [-0.2, 0) is 6.42 Å². The van der Waals surface area contributed by atoms with Gasteiger partial charge in [0.25, 0.3) is 5.56 Å². The van der Waals surface area contributed by atoms with Crippen molar-refractivity contribution in [2.45, 2.75) is 38.1 Å². The smallest absolute Gasteiger partial charge is 0.316 e. The molecule has 1 saturated carbocycles. The number of aromatic nitrogens is 6. The quantitative estimate of drug-likeness (QED) is 0.359. The van der Waals surface area contributed by atoms with Crippen molar-refractivity contribution in [1.82, 2.24) is 29.5 Å². The van der Waals surface area contributed by atoms with Crippen molar-refractivity contribution >= 4 is 32.5 Å². The van der Waals surface area contributed by atoms with E-state index in [4.69, 9.17) is 4.74 Å². The van der Waals surface area contributed by atoms with E-state index in [1.165, 1.54) is 18.4 Å². The zero-order valence-corrected chi connectivity index (χ0v) is 19.6. The Morgan fingerprint density at radius 3 is 2.74 bits per heavy atom. The molecule has 0 amide bonds. The van der Waals surface area contributed by atoms with Crippen LogP contribution in [0, 0.1) is 0 Å². The highest BCUT2D eigenvalue weighted by atomic mass is 32.1. The molecule has 1 aliphatic carbocycles. The summed E-state index contributed by atoms with van der Waals surface area (Å²) >= 11 is 1.51. The van der Waals surface area contributed by atoms with Crippen molar-refractivity contribution in [1.29, 1.82) is 0 Å². The molecule has 1 aromatic carbocycles. The number of nitrogens with zero attached hydrogens (tertiary/aromatic N) is 6. The van der Waals surface area contributed by atoms with Crippen molar-refractivity contribution in [3.8, 4) is 17.1 Å². The van der Waals surface area contributed by atoms with Crippen LogP contribution >= 0.6 is 11.3 Å². The van der Waals surface area contributed by atoms with Crippen LogP contribution in [0.1, 0.15) is 43.1 Å². The molecule has 9 heteroatoms. The second-order valence-corrected chi connectivity index (χ2v) is 9.47. The third kappa shape index (κ3) is 3.52. The molecule has 1 fully saturated rings. The number of hydrogen-bond donors (Lipinski definition) is 0. The van der Waals surface area contributed by atoms with Gasteiger partial charge in [-0.15, -0.1) is 11.3 Å². The van der Waals surface area contributed by atoms with Crippen molar-refractivity contribution in [3.05, 3.63) is 70.2 Å². The Bertz CT molecular complexity index is 1570. The number of ether oxygens (including phenoxy) is 1. The zero-order valence-electron chi connectivity index (χ0n) is 18.8. The number of rotatable bonds is 6. The maximum Gasteiger partial charge on any atom is 0.316 e. The first-order valence-electron chi connectivity index (χ1n) is 11.2. The van der Waals surface area contributed by atoms with Gasteiger partial charge in [-0.25, -0.2) is 24.9 Å². The van der Waals surface area contributed by atoms with Gasteiger partial charge in [-0.3, -0.25) is 4.79 Å². The lowest BCUT2D eigenvalue weighted by molar-refractivity contribution is 0.380. The Morgan fingerprint density at radius 1 is 1.15 bits per heavy atom. The molecule has 1 aliphatic rings. The molecular formula is C25H22N6O2S. The van der Waals surface area contributed by atoms with E-state index in [2.05, 4.69) is 37.9 Å². The summed E-state index contributed by atoms with van der Waals surface area (Å²) in [6.07, 6.45) is 7.72. The van der Waals surface area contributed by atoms with Gasteiger partial charge in [-0.2, -0.15) is 0 Å². The lowest BCUT2D eigenvalue weighted by atomic mass is 9.95. The third-order valence-electron chi connectivity index (χ3n) is 6.36. The van der Waals surface area contributed by atoms with E-state index in [-0.39, 0.29) is 17.5 Å². The molecule has 0 radical (unpaired) electrons. The highest BCUT2D eigenvalue weighted by molar-refractivity contribution is 7.16. The largest absolute Gasteiger partial charge is 0.467 e. The number of hydrogen-bond acceptors (Lipinski definition) is 8. The van der Waals surface area contributed by atoms with E-state index in [9.17, 15) is 4.79 Å². The van der Waals surface area contributed by atoms with Gasteiger partial charge in [-0.05, 0) is 29.9 Å². The Kier molecular flexibility index (Phi) is 5.06. The van der Waals surface area contributed by atoms with Crippen LogP contribution in [-0.4, -0.2) is 36.6 Å². The molecule has 0 spiro atoms. The van der Waals surface area contributed by atoms with Gasteiger partial charge in [-0.1, -0.05) is 25.1 Å². The minimum atomic E-state index is 0.0368. The van der Waals surface area contributed by atoms with Crippen molar-refractivity contribution in [2.75, 3.05) is 7.11 Å². The molecule has 34 heavy (non-hydrogen) atoms. The molecule has 0 aliphatic heterocycles. The van der Waals surface area contributed by atoms with E-state index in [1.54, 1.807) is 24.2 Å². The van der Waals surface area contributed by atoms with Crippen LogP contribution in [0.5, 0.6) is 6.01 Å². The standard InChI is InChI=1S/C25H22N6O2S/c1-14(8-19-22-23(29-12-28-19)34-13-30-22)20-9-15-4-3-5-18(16-10-26-25(33-2)27-11-16)21(15)24(32)31(20)17-6-7-17/h3-5,9-14,17H,6-8H2,1-2H3/t14-/m1/s1. The Morgan fingerprint density at radius 2 is 1.97 bits per heavy atom. The predicted octanol–water partition coefficient (Wildman–Crippen LogP) is 4.55. The van der Waals surface area contributed by atoms with Gasteiger partial charge in [0.1, 0.15) is 16.7 Å². The number of methoxy groups -OCH3 is 1. The van der Waals surface area contributed by atoms with Crippen LogP contribution in [0.4, 0.5) is 0 Å². The van der Waals surface area contributed by atoms with Crippen LogP contribution in [0.2, 0.25) is 0 Å². The van der Waals surface area contributed by atoms with Crippen molar-refractivity contribution < 1.29 is 4.74 Å². The van der Waals surface area contributed by atoms with Crippen LogP contribution in [0.15, 0.2) is 53.3 Å². The van der Waals surface area contributed by atoms with Gasteiger partial charge in [0.15, 0.2) is 0 Å². The molecule has 0 saturated heterocycles. The van der Waals surface area contributed by atoms with Crippen LogP contribution < -0.4 is 10.3 Å². The molecule has 0 bridgehead atoms. The molecule has 0 N–H and O–H groups in total. The summed E-state index contributed by atoms with van der Waals surface area (Å²) in [5.74, 6) is 0.0884. The topological polar surface area (TPSA) is 95.7 Å². The fraction of sp³-hybridized carbons (Fsp3) is 0.280. The van der Waals surface area contributed by atoms with Crippen molar-refractivity contribution in [2.24, 2.45) is 0 Å². The molecule has 4 heterocycles. The Labute approximate surface area is 199 Å². The maximum atomic E-state index is 13.9. The van der Waals surface area contributed by atoms with E-state index < -0.39 is 0 Å². The monoisotopic (exact) mass is 470 g/mol. The van der Waals surface area contributed by atoms with Crippen LogP contribution in [0.3, 0.4) is 0 Å². The van der Waals surface area contributed by atoms with Gasteiger partial charge < -0.3 is 9.30 Å². The summed E-state index contributed by atoms with van der Waals surface area (Å²) in [5.41, 5.74) is 6.26. The molecule has 4 aromatic heterocycles. The molecule has 0 unspecified atom stereocenters. The molecule has 5 aromatic rings. The van der Waals surface area contributed by atoms with E-state index >= 15 is 0 Å². The summed E-state index contributed by atoms with van der Waals surface area (Å²) in [6, 6.07) is 8.62. The Hall–Kier alpha value is -3.72. The first kappa shape index (κ1) is 20.9. The lowest BCUT2D eigenvalue weighted by Crippen LogP contribution is -2.25. The van der Waals surface area contributed by atoms with E-state index in [0.29, 0.717) is 17.8 Å². The number of thiazole rings is 1. The minimum Gasteiger partial charge on any atom is -0.467 e. The summed E-state index contributed by atoms with van der Waals surface area (Å²) in [6.45, 7) is 2.15. The summed E-state index contributed by atoms with van der Waals surface area (Å²) < 4.78 is 7.09. The predicted molar refractivity (Wildman–Crippen MR) is 131 cm³/mol. The molecule has 1 atom stereocenters. The highest BCUT2D eigenvalue weighted by Gasteiger charge is 2.30. The SMILES string of the molecule is COc1ncc(-c2cccc3cc([C@H](C)Cc4ncnc5scnc45)n(C4CC4)c(=O)c23)cn1. The Balaban J connectivity index is 1.48. The molecule has 170 valence electrons. The fourth-order valence-corrected chi connectivity index (χ4v) is 5.22. The summed E-state index contributed by atoms with van der Waals surface area (Å²) in [7, 11) is 1.53. The highest BCUT2D eigenvalue weighted by Crippen LogP contribution is 2.38. The lowest BCUT2D eigenvalue weighted by Gasteiger charge is -2.20. The van der Waals surface area contributed by atoms with Crippen LogP contribution in [0.25, 0.3) is 32.2 Å². The molecule has 6 rings (SSSR count). The minimum absolute atomic E-state index is 0.0368. The summed E-state index contributed by atoms with van der Waals surface area (Å²) in [5, 5.41) is 1.61. The fourth-order valence-electron chi connectivity index (χ4n) is 4.57. The molecule has 8 nitrogen and oxygen atoms in total. The maximum absolute atomic E-state index is 13.9. The normalized spacial score (nSPS) is 14.5. The summed E-state index contributed by atoms with van der Waals surface area (Å²) in [4.78, 5) is 36.6. The second-order valence-electron chi connectivity index (χ2n) is 8.64. The number of pyridine rings is 1. The first-order valence-corrected chi connectivity index (χ1v) is 12.1. The average Bonchev–Trinajstić information content (AvgIpc) is 3.58. The molecular weight excluding hydrogens is 448 g/mol. The van der Waals surface area contributed by atoms with Gasteiger partial charge in [0.05, 0.1) is 23.7 Å². The van der Waals surface area contributed by atoms with Crippen molar-refractivity contribution in [3.63, 3.8) is 0 Å². The van der Waals surface area contributed by atoms with E-state index in [1.807, 2.05) is 22.8 Å². The third-order valence-corrected chi connectivity index (χ3v) is 7.09. The number of benzene rings is 1. The number of fused-ring (bicyclic) bond motifs is 2. The van der Waals surface area contributed by atoms with E-state index in [0.717, 1.165) is 51.1 Å². The second kappa shape index (κ2) is 8.25. The first-order chi connectivity index (χ1) is 16.6. The van der Waals surface area contributed by atoms with Gasteiger partial charge in [0, 0.05) is 42.0 Å². The zero-order chi connectivity index (χ0) is 23.2. The van der Waals surface area contributed by atoms with Gasteiger partial charge in [0.2, 0.25) is 0 Å². The van der Waals surface area contributed by atoms with Gasteiger partial charge >= 0.3 is 6.01 Å². The average molecular weight is 471 g/mol.